The molecule has 0 N–H and O–H groups in total. The molecule has 1 aromatic rings. The van der Waals surface area contributed by atoms with E-state index in [1.54, 1.807) is 0 Å². The van der Waals surface area contributed by atoms with E-state index in [9.17, 15) is 0 Å². The Labute approximate surface area is 164 Å². The molecule has 0 aliphatic heterocycles. The Kier molecular flexibility index (Phi) is 167. The topological polar surface area (TPSA) is 119 Å². The van der Waals surface area contributed by atoms with Crippen LogP contribution in [0.4, 0.5) is 0 Å². The summed E-state index contributed by atoms with van der Waals surface area (Å²) in [5, 5.41) is 0. The Balaban J connectivity index is -0.0000000263. The molecule has 8 heteroatoms. The van der Waals surface area contributed by atoms with Gasteiger partial charge in [-0.1, -0.05) is 37.3 Å². The van der Waals surface area contributed by atoms with Crippen molar-refractivity contribution in [3.63, 3.8) is 0 Å². The van der Waals surface area contributed by atoms with E-state index < -0.39 is 0 Å². The predicted molar refractivity (Wildman–Crippen MR) is 68.4 cm³/mol. The fourth-order valence-electron chi connectivity index (χ4n) is 0.948. The first-order valence-electron chi connectivity index (χ1n) is 4.91. The molecule has 0 saturated carbocycles. The normalized spacial score (nSPS) is 5.92. The van der Waals surface area contributed by atoms with E-state index in [1.165, 1.54) is 5.56 Å². The fraction of sp³-hybridized carbons (Fsp3) is 0.188. The third-order valence-electron chi connectivity index (χ3n) is 1.80. The van der Waals surface area contributed by atoms with Crippen molar-refractivity contribution in [2.45, 2.75) is 19.3 Å². The van der Waals surface area contributed by atoms with E-state index in [2.05, 4.69) is 78.0 Å². The second-order valence-electron chi connectivity index (χ2n) is 2.60. The molecular formula is C16H13Fe2O6+. The third-order valence-corrected chi connectivity index (χ3v) is 1.80. The van der Waals surface area contributed by atoms with Crippen LogP contribution in [0, 0.1) is 46.8 Å². The summed E-state index contributed by atoms with van der Waals surface area (Å²) in [5.41, 5.74) is 1.39. The molecule has 0 amide bonds. The van der Waals surface area contributed by atoms with E-state index in [-0.39, 0.29) is 34.1 Å². The van der Waals surface area contributed by atoms with Crippen LogP contribution in [-0.2, 0) is 62.1 Å². The van der Waals surface area contributed by atoms with Gasteiger partial charge in [0.2, 0.25) is 0 Å². The van der Waals surface area contributed by atoms with Crippen LogP contribution in [0.15, 0.2) is 30.3 Å². The minimum atomic E-state index is 0. The number of hydrogen-bond acceptors (Lipinski definition) is 0. The SMILES string of the molecule is [C-]#[O+].[C-]#[O+].[C-]#[O+].[C-]#[O+].[C-]#[O+].[C-]#[O+].[CH2-]CC(C)c1ccccc1.[Fe+2].[Fe]. The second-order valence-corrected chi connectivity index (χ2v) is 2.60. The van der Waals surface area contributed by atoms with Crippen LogP contribution in [0.5, 0.6) is 0 Å². The van der Waals surface area contributed by atoms with Gasteiger partial charge in [-0.15, -0.1) is 0 Å². The summed E-state index contributed by atoms with van der Waals surface area (Å²) < 4.78 is 45.0. The Morgan fingerprint density at radius 2 is 1.00 bits per heavy atom. The summed E-state index contributed by atoms with van der Waals surface area (Å²) in [4.78, 5) is 0. The van der Waals surface area contributed by atoms with Crippen molar-refractivity contribution >= 4 is 0 Å². The number of benzene rings is 1. The molecule has 0 aromatic heterocycles. The maximum absolute atomic E-state index is 7.50. The monoisotopic (exact) mass is 413 g/mol. The van der Waals surface area contributed by atoms with Crippen molar-refractivity contribution in [3.05, 3.63) is 82.7 Å². The number of hydrogen-bond donors (Lipinski definition) is 0. The Bertz CT molecular complexity index is 361. The summed E-state index contributed by atoms with van der Waals surface area (Å²) >= 11 is 0. The zero-order chi connectivity index (χ0) is 19.4. The Hall–Kier alpha value is -1.30. The molecule has 0 heterocycles. The molecule has 0 fully saturated rings. The Morgan fingerprint density at radius 3 is 1.21 bits per heavy atom. The van der Waals surface area contributed by atoms with Crippen LogP contribution in [0.1, 0.15) is 24.8 Å². The molecule has 1 rings (SSSR count). The molecule has 1 aromatic carbocycles. The summed E-state index contributed by atoms with van der Waals surface area (Å²) in [7, 11) is 0. The molecule has 0 bridgehead atoms. The van der Waals surface area contributed by atoms with Crippen molar-refractivity contribution in [1.29, 1.82) is 0 Å². The zero-order valence-electron chi connectivity index (χ0n) is 12.5. The fourth-order valence-corrected chi connectivity index (χ4v) is 0.948. The summed E-state index contributed by atoms with van der Waals surface area (Å²) in [5.74, 6) is 0.598. The van der Waals surface area contributed by atoms with E-state index in [0.717, 1.165) is 6.42 Å². The quantitative estimate of drug-likeness (QED) is 0.403. The first-order chi connectivity index (χ1) is 10.8. The van der Waals surface area contributed by atoms with E-state index >= 15 is 0 Å². The van der Waals surface area contributed by atoms with Crippen LogP contribution >= 0.6 is 0 Å². The van der Waals surface area contributed by atoms with Crippen molar-refractivity contribution in [2.24, 2.45) is 0 Å². The van der Waals surface area contributed by atoms with Crippen LogP contribution in [0.3, 0.4) is 0 Å². The van der Waals surface area contributed by atoms with Gasteiger partial charge in [-0.25, -0.2) is 0 Å². The first kappa shape index (κ1) is 49.5. The average Bonchev–Trinajstić information content (AvgIpc) is 2.71. The van der Waals surface area contributed by atoms with Gasteiger partial charge in [0.25, 0.3) is 0 Å². The van der Waals surface area contributed by atoms with Gasteiger partial charge in [-0.05, 0) is 11.5 Å². The summed E-state index contributed by atoms with van der Waals surface area (Å²) in [6.45, 7) is 33.1. The van der Waals surface area contributed by atoms with E-state index in [1.807, 2.05) is 6.07 Å². The summed E-state index contributed by atoms with van der Waals surface area (Å²) in [6.07, 6.45) is 0.976. The van der Waals surface area contributed by atoms with Crippen LogP contribution in [0.2, 0.25) is 0 Å². The van der Waals surface area contributed by atoms with Gasteiger partial charge in [-0.3, -0.25) is 0 Å². The van der Waals surface area contributed by atoms with Gasteiger partial charge in [0.05, 0.1) is 0 Å². The van der Waals surface area contributed by atoms with E-state index in [0.29, 0.717) is 5.92 Å². The van der Waals surface area contributed by atoms with Crippen molar-refractivity contribution in [1.82, 2.24) is 0 Å². The van der Waals surface area contributed by atoms with Crippen LogP contribution < -0.4 is 0 Å². The van der Waals surface area contributed by atoms with E-state index in [4.69, 9.17) is 27.9 Å². The van der Waals surface area contributed by atoms with Gasteiger partial charge in [0.15, 0.2) is 0 Å². The minimum Gasteiger partial charge on any atom is -0.343 e. The molecule has 0 saturated heterocycles. The summed E-state index contributed by atoms with van der Waals surface area (Å²) in [6, 6.07) is 10.5. The molecular weight excluding hydrogens is 400 g/mol. The third kappa shape index (κ3) is 49.8. The van der Waals surface area contributed by atoms with Gasteiger partial charge < -0.3 is 6.92 Å². The molecule has 24 heavy (non-hydrogen) atoms. The largest absolute Gasteiger partial charge is 2.00 e. The van der Waals surface area contributed by atoms with Crippen LogP contribution in [0.25, 0.3) is 0 Å². The van der Waals surface area contributed by atoms with Gasteiger partial charge in [0.1, 0.15) is 0 Å². The van der Waals surface area contributed by atoms with Crippen molar-refractivity contribution in [2.75, 3.05) is 0 Å². The van der Waals surface area contributed by atoms with Gasteiger partial charge in [-0.2, -0.15) is 6.42 Å². The molecule has 6 nitrogen and oxygen atoms in total. The zero-order valence-corrected chi connectivity index (χ0v) is 14.7. The maximum atomic E-state index is 7.50. The van der Waals surface area contributed by atoms with Crippen LogP contribution in [-0.4, -0.2) is 0 Å². The van der Waals surface area contributed by atoms with Gasteiger partial charge >= 0.3 is 84.9 Å². The molecule has 0 spiro atoms. The predicted octanol–water partition coefficient (Wildman–Crippen LogP) is 2.78. The smallest absolute Gasteiger partial charge is 0.343 e. The Morgan fingerprint density at radius 1 is 0.750 bits per heavy atom. The second kappa shape index (κ2) is 81.2. The molecule has 0 radical (unpaired) electrons. The molecule has 0 aliphatic carbocycles. The average molecular weight is 413 g/mol. The maximum Gasteiger partial charge on any atom is 2.00 e. The molecule has 1 unspecified atom stereocenters. The van der Waals surface area contributed by atoms with Gasteiger partial charge in [0, 0.05) is 17.1 Å². The first-order valence-corrected chi connectivity index (χ1v) is 4.91. The molecule has 128 valence electrons. The minimum absolute atomic E-state index is 0. The van der Waals surface area contributed by atoms with Crippen molar-refractivity contribution < 1.29 is 62.1 Å². The van der Waals surface area contributed by atoms with Crippen molar-refractivity contribution in [3.8, 4) is 0 Å². The molecule has 1 atom stereocenters. The number of rotatable bonds is 2. The molecule has 0 aliphatic rings. The standard InChI is InChI=1S/C10H13.6CO.2Fe/c1-3-9(2)10-7-5-4-6-8-10;6*1-2;;/h4-9H,1,3H2,2H3;;;;;;;;/q-1;;;;;;;;+2.